The average molecular weight is 533 g/mol. The fraction of sp³-hybridized carbons (Fsp3) is 0.200. The third-order valence-corrected chi connectivity index (χ3v) is 10.1. The smallest absolute Gasteiger partial charge is 0.136 e. The molecule has 1 heteroatoms. The largest absolute Gasteiger partial charge is 0.456 e. The lowest BCUT2D eigenvalue weighted by Crippen LogP contribution is -2.03. The molecule has 0 spiro atoms. The molecule has 6 aromatic carbocycles. The SMILES string of the molecule is Cc1c(C)c(C)c2c(-c3cccc4oc5ccccc5c34)c3c(C)c(C)c(C)c(C)c3c(-c3ccccc3)c2c1C. The van der Waals surface area contributed by atoms with Gasteiger partial charge in [0.2, 0.25) is 0 Å². The predicted molar refractivity (Wildman–Crippen MR) is 177 cm³/mol. The Morgan fingerprint density at radius 3 is 1.39 bits per heavy atom. The second-order valence-electron chi connectivity index (χ2n) is 11.9. The summed E-state index contributed by atoms with van der Waals surface area (Å²) in [5, 5.41) is 7.83. The van der Waals surface area contributed by atoms with Crippen molar-refractivity contribution in [1.82, 2.24) is 0 Å². The van der Waals surface area contributed by atoms with Crippen molar-refractivity contribution in [3.05, 3.63) is 117 Å². The van der Waals surface area contributed by atoms with Gasteiger partial charge in [0.15, 0.2) is 0 Å². The van der Waals surface area contributed by atoms with Gasteiger partial charge in [-0.25, -0.2) is 0 Å². The zero-order valence-corrected chi connectivity index (χ0v) is 25.3. The maximum atomic E-state index is 6.43. The van der Waals surface area contributed by atoms with Crippen molar-refractivity contribution >= 4 is 43.5 Å². The van der Waals surface area contributed by atoms with Gasteiger partial charge in [-0.1, -0.05) is 60.7 Å². The first-order valence-electron chi connectivity index (χ1n) is 14.6. The van der Waals surface area contributed by atoms with Gasteiger partial charge in [-0.2, -0.15) is 0 Å². The molecule has 0 amide bonds. The number of para-hydroxylation sites is 1. The Morgan fingerprint density at radius 1 is 0.366 bits per heavy atom. The minimum atomic E-state index is 0.935. The molecule has 0 fully saturated rings. The van der Waals surface area contributed by atoms with Crippen LogP contribution in [0, 0.1) is 55.4 Å². The Hall–Kier alpha value is -4.36. The second kappa shape index (κ2) is 9.08. The Kier molecular flexibility index (Phi) is 5.67. The lowest BCUT2D eigenvalue weighted by molar-refractivity contribution is 0.669. The van der Waals surface area contributed by atoms with Crippen LogP contribution < -0.4 is 0 Å². The van der Waals surface area contributed by atoms with E-state index in [2.05, 4.69) is 128 Å². The number of furan rings is 1. The third-order valence-electron chi connectivity index (χ3n) is 10.1. The van der Waals surface area contributed by atoms with Crippen molar-refractivity contribution in [1.29, 1.82) is 0 Å². The number of hydrogen-bond acceptors (Lipinski definition) is 1. The van der Waals surface area contributed by atoms with Crippen LogP contribution in [0.3, 0.4) is 0 Å². The summed E-state index contributed by atoms with van der Waals surface area (Å²) in [5.41, 5.74) is 18.0. The van der Waals surface area contributed by atoms with Crippen LogP contribution in [0.25, 0.3) is 65.7 Å². The normalized spacial score (nSPS) is 11.9. The van der Waals surface area contributed by atoms with E-state index in [0.717, 1.165) is 11.2 Å². The quantitative estimate of drug-likeness (QED) is 0.202. The van der Waals surface area contributed by atoms with E-state index in [1.165, 1.54) is 99.1 Å². The highest BCUT2D eigenvalue weighted by Crippen LogP contribution is 2.52. The maximum absolute atomic E-state index is 6.43. The van der Waals surface area contributed by atoms with Gasteiger partial charge in [-0.15, -0.1) is 0 Å². The summed E-state index contributed by atoms with van der Waals surface area (Å²) in [6.07, 6.45) is 0. The van der Waals surface area contributed by atoms with E-state index in [1.54, 1.807) is 0 Å². The molecule has 0 saturated heterocycles. The summed E-state index contributed by atoms with van der Waals surface area (Å²) in [5.74, 6) is 0. The minimum absolute atomic E-state index is 0.935. The molecule has 0 bridgehead atoms. The number of benzene rings is 6. The molecule has 0 N–H and O–H groups in total. The van der Waals surface area contributed by atoms with E-state index in [0.29, 0.717) is 0 Å². The van der Waals surface area contributed by atoms with Crippen molar-refractivity contribution in [3.63, 3.8) is 0 Å². The molecule has 7 aromatic rings. The molecule has 0 atom stereocenters. The Morgan fingerprint density at radius 2 is 0.829 bits per heavy atom. The number of aryl methyl sites for hydroxylation is 4. The highest BCUT2D eigenvalue weighted by atomic mass is 16.3. The first-order valence-corrected chi connectivity index (χ1v) is 14.6. The Labute approximate surface area is 242 Å². The third kappa shape index (κ3) is 3.42. The molecule has 0 radical (unpaired) electrons. The van der Waals surface area contributed by atoms with Crippen molar-refractivity contribution in [2.75, 3.05) is 0 Å². The molecule has 1 nitrogen and oxygen atoms in total. The number of hydrogen-bond donors (Lipinski definition) is 0. The second-order valence-corrected chi connectivity index (χ2v) is 11.9. The van der Waals surface area contributed by atoms with Crippen LogP contribution >= 0.6 is 0 Å². The number of fused-ring (bicyclic) bond motifs is 5. The molecule has 0 aliphatic rings. The van der Waals surface area contributed by atoms with E-state index in [4.69, 9.17) is 4.42 Å². The van der Waals surface area contributed by atoms with Gasteiger partial charge in [0.1, 0.15) is 11.2 Å². The van der Waals surface area contributed by atoms with Crippen LogP contribution in [0.2, 0.25) is 0 Å². The fourth-order valence-electron chi connectivity index (χ4n) is 7.27. The first-order chi connectivity index (χ1) is 19.7. The molecule has 0 aliphatic heterocycles. The molecule has 0 saturated carbocycles. The molecule has 41 heavy (non-hydrogen) atoms. The zero-order chi connectivity index (χ0) is 28.7. The van der Waals surface area contributed by atoms with Gasteiger partial charge in [0, 0.05) is 10.8 Å². The van der Waals surface area contributed by atoms with Gasteiger partial charge < -0.3 is 4.42 Å². The summed E-state index contributed by atoms with van der Waals surface area (Å²) in [4.78, 5) is 0. The summed E-state index contributed by atoms with van der Waals surface area (Å²) < 4.78 is 6.43. The van der Waals surface area contributed by atoms with Crippen molar-refractivity contribution in [3.8, 4) is 22.3 Å². The summed E-state index contributed by atoms with van der Waals surface area (Å²) in [6, 6.07) is 26.1. The molecule has 1 aromatic heterocycles. The van der Waals surface area contributed by atoms with E-state index in [-0.39, 0.29) is 0 Å². The fourth-order valence-corrected chi connectivity index (χ4v) is 7.27. The van der Waals surface area contributed by atoms with E-state index < -0.39 is 0 Å². The van der Waals surface area contributed by atoms with E-state index in [1.807, 2.05) is 0 Å². The highest BCUT2D eigenvalue weighted by Gasteiger charge is 2.27. The summed E-state index contributed by atoms with van der Waals surface area (Å²) in [7, 11) is 0. The molecule has 202 valence electrons. The lowest BCUT2D eigenvalue weighted by Gasteiger charge is -2.27. The molecular weight excluding hydrogens is 496 g/mol. The van der Waals surface area contributed by atoms with Gasteiger partial charge in [-0.3, -0.25) is 0 Å². The van der Waals surface area contributed by atoms with Gasteiger partial charge in [-0.05, 0) is 156 Å². The molecular formula is C40H36O. The topological polar surface area (TPSA) is 13.1 Å². The van der Waals surface area contributed by atoms with E-state index >= 15 is 0 Å². The number of rotatable bonds is 2. The standard InChI is InChI=1S/C40H36O/c1-21-23(3)27(7)36-34(25(21)5)38(29-15-10-9-11-16-29)35-26(6)22(2)24(4)28(8)37(35)40(36)31-18-14-20-33-39(31)30-17-12-13-19-32(30)41-33/h9-20H,1-8H3. The predicted octanol–water partition coefficient (Wildman–Crippen LogP) is 11.7. The Balaban J connectivity index is 1.89. The van der Waals surface area contributed by atoms with Crippen molar-refractivity contribution < 1.29 is 4.42 Å². The van der Waals surface area contributed by atoms with Crippen LogP contribution in [-0.2, 0) is 0 Å². The van der Waals surface area contributed by atoms with Gasteiger partial charge >= 0.3 is 0 Å². The average Bonchev–Trinajstić information content (AvgIpc) is 3.38. The summed E-state index contributed by atoms with van der Waals surface area (Å²) >= 11 is 0. The molecule has 7 rings (SSSR count). The molecule has 0 aliphatic carbocycles. The van der Waals surface area contributed by atoms with Crippen LogP contribution in [0.5, 0.6) is 0 Å². The molecule has 0 unspecified atom stereocenters. The van der Waals surface area contributed by atoms with Gasteiger partial charge in [0.05, 0.1) is 0 Å². The van der Waals surface area contributed by atoms with Crippen molar-refractivity contribution in [2.45, 2.75) is 55.4 Å². The lowest BCUT2D eigenvalue weighted by atomic mass is 9.76. The molecule has 1 heterocycles. The zero-order valence-electron chi connectivity index (χ0n) is 25.3. The Bertz CT molecular complexity index is 2130. The highest BCUT2D eigenvalue weighted by molar-refractivity contribution is 6.28. The van der Waals surface area contributed by atoms with E-state index in [9.17, 15) is 0 Å². The monoisotopic (exact) mass is 532 g/mol. The summed E-state index contributed by atoms with van der Waals surface area (Å²) in [6.45, 7) is 18.5. The first kappa shape index (κ1) is 25.6. The van der Waals surface area contributed by atoms with Crippen LogP contribution in [0.4, 0.5) is 0 Å². The van der Waals surface area contributed by atoms with Crippen LogP contribution in [0.15, 0.2) is 77.2 Å². The van der Waals surface area contributed by atoms with Crippen LogP contribution in [-0.4, -0.2) is 0 Å². The van der Waals surface area contributed by atoms with Gasteiger partial charge in [0.25, 0.3) is 0 Å². The van der Waals surface area contributed by atoms with Crippen LogP contribution in [0.1, 0.15) is 44.5 Å². The minimum Gasteiger partial charge on any atom is -0.456 e. The van der Waals surface area contributed by atoms with Crippen molar-refractivity contribution in [2.24, 2.45) is 0 Å². The maximum Gasteiger partial charge on any atom is 0.136 e.